The van der Waals surface area contributed by atoms with Crippen LogP contribution in [0.3, 0.4) is 0 Å². The topological polar surface area (TPSA) is 58.1 Å². The molecule has 0 bridgehead atoms. The number of guanidine groups is 1. The maximum atomic E-state index is 5.88. The van der Waals surface area contributed by atoms with E-state index in [2.05, 4.69) is 52.6 Å². The number of nitrogens with zero attached hydrogens (tertiary/aromatic N) is 2. The minimum Gasteiger partial charge on any atom is -0.491 e. The predicted molar refractivity (Wildman–Crippen MR) is 112 cm³/mol. The van der Waals surface area contributed by atoms with Gasteiger partial charge in [-0.2, -0.15) is 0 Å². The molecule has 2 rings (SSSR count). The quantitative estimate of drug-likeness (QED) is 0.394. The molecule has 27 heavy (non-hydrogen) atoms. The van der Waals surface area contributed by atoms with E-state index in [9.17, 15) is 0 Å². The van der Waals surface area contributed by atoms with Gasteiger partial charge in [0.2, 0.25) is 0 Å². The number of aliphatic imine (C=N–C) groups is 1. The molecule has 0 aliphatic carbocycles. The van der Waals surface area contributed by atoms with Gasteiger partial charge in [0.15, 0.2) is 5.96 Å². The van der Waals surface area contributed by atoms with Gasteiger partial charge in [-0.05, 0) is 44.5 Å². The van der Waals surface area contributed by atoms with Gasteiger partial charge in [-0.3, -0.25) is 9.89 Å². The zero-order valence-electron chi connectivity index (χ0n) is 17.4. The summed E-state index contributed by atoms with van der Waals surface area (Å²) in [6, 6.07) is 6.88. The summed E-state index contributed by atoms with van der Waals surface area (Å²) in [5.41, 5.74) is 2.30. The number of benzene rings is 1. The fourth-order valence-electron chi connectivity index (χ4n) is 3.50. The summed E-state index contributed by atoms with van der Waals surface area (Å²) in [7, 11) is 3.50. The Morgan fingerprint density at radius 3 is 2.85 bits per heavy atom. The lowest BCUT2D eigenvalue weighted by atomic mass is 10.0. The monoisotopic (exact) mass is 376 g/mol. The first-order valence-corrected chi connectivity index (χ1v) is 10.1. The summed E-state index contributed by atoms with van der Waals surface area (Å²) in [5, 5.41) is 6.91. The van der Waals surface area contributed by atoms with Gasteiger partial charge in [0.05, 0.1) is 6.61 Å². The van der Waals surface area contributed by atoms with E-state index in [-0.39, 0.29) is 0 Å². The molecule has 1 fully saturated rings. The highest BCUT2D eigenvalue weighted by Crippen LogP contribution is 2.20. The number of hydrogen-bond acceptors (Lipinski definition) is 4. The third kappa shape index (κ3) is 7.03. The second-order valence-electron chi connectivity index (χ2n) is 7.04. The zero-order valence-corrected chi connectivity index (χ0v) is 17.4. The highest BCUT2D eigenvalue weighted by atomic mass is 16.5. The van der Waals surface area contributed by atoms with Crippen molar-refractivity contribution in [3.8, 4) is 5.75 Å². The number of likely N-dealkylation sites (N-methyl/N-ethyl adjacent to an activating group) is 1. The normalized spacial score (nSPS) is 18.4. The van der Waals surface area contributed by atoms with E-state index in [1.54, 1.807) is 7.11 Å². The minimum absolute atomic E-state index is 0.550. The van der Waals surface area contributed by atoms with Crippen LogP contribution in [0.15, 0.2) is 23.2 Å². The van der Waals surface area contributed by atoms with Crippen molar-refractivity contribution in [3.63, 3.8) is 0 Å². The molecule has 0 amide bonds. The Bertz CT molecular complexity index is 592. The van der Waals surface area contributed by atoms with Crippen LogP contribution < -0.4 is 15.4 Å². The van der Waals surface area contributed by atoms with Gasteiger partial charge >= 0.3 is 0 Å². The number of nitrogens with one attached hydrogen (secondary N) is 2. The Balaban J connectivity index is 1.88. The summed E-state index contributed by atoms with van der Waals surface area (Å²) in [5.74, 6) is 1.74. The Morgan fingerprint density at radius 2 is 2.11 bits per heavy atom. The van der Waals surface area contributed by atoms with Crippen LogP contribution in [0.25, 0.3) is 0 Å². The van der Waals surface area contributed by atoms with E-state index in [4.69, 9.17) is 9.47 Å². The van der Waals surface area contributed by atoms with Crippen molar-refractivity contribution in [3.05, 3.63) is 29.3 Å². The van der Waals surface area contributed by atoms with Gasteiger partial charge in [0.25, 0.3) is 0 Å². The van der Waals surface area contributed by atoms with Crippen molar-refractivity contribution in [2.24, 2.45) is 4.99 Å². The Kier molecular flexibility index (Phi) is 9.42. The third-order valence-corrected chi connectivity index (χ3v) is 5.10. The summed E-state index contributed by atoms with van der Waals surface area (Å²) >= 11 is 0. The van der Waals surface area contributed by atoms with E-state index >= 15 is 0 Å². The van der Waals surface area contributed by atoms with Crippen LogP contribution in [0, 0.1) is 6.92 Å². The van der Waals surface area contributed by atoms with Crippen LogP contribution in [0.1, 0.15) is 37.3 Å². The van der Waals surface area contributed by atoms with Gasteiger partial charge in [-0.25, -0.2) is 0 Å². The number of ether oxygens (including phenoxy) is 2. The lowest BCUT2D eigenvalue weighted by Gasteiger charge is -2.35. The van der Waals surface area contributed by atoms with Crippen molar-refractivity contribution >= 4 is 5.96 Å². The number of aryl methyl sites for hydroxylation is 1. The molecule has 152 valence electrons. The number of hydrogen-bond donors (Lipinski definition) is 2. The van der Waals surface area contributed by atoms with Crippen molar-refractivity contribution in [2.75, 3.05) is 47.0 Å². The number of likely N-dealkylation sites (tertiary alicyclic amines) is 1. The molecule has 1 unspecified atom stereocenters. The number of methoxy groups -OCH3 is 1. The molecular formula is C21H36N4O2. The number of piperidine rings is 1. The maximum absolute atomic E-state index is 5.88. The van der Waals surface area contributed by atoms with Gasteiger partial charge in [0, 0.05) is 38.9 Å². The zero-order chi connectivity index (χ0) is 19.5. The van der Waals surface area contributed by atoms with Crippen molar-refractivity contribution in [1.82, 2.24) is 15.5 Å². The summed E-state index contributed by atoms with van der Waals surface area (Å²) in [4.78, 5) is 6.94. The molecular weight excluding hydrogens is 340 g/mol. The molecule has 1 heterocycles. The van der Waals surface area contributed by atoms with Gasteiger partial charge in [0.1, 0.15) is 12.4 Å². The molecule has 6 nitrogen and oxygen atoms in total. The van der Waals surface area contributed by atoms with E-state index in [0.717, 1.165) is 30.4 Å². The first-order chi connectivity index (χ1) is 13.2. The van der Waals surface area contributed by atoms with E-state index < -0.39 is 0 Å². The molecule has 0 aromatic heterocycles. The fourth-order valence-corrected chi connectivity index (χ4v) is 3.50. The van der Waals surface area contributed by atoms with Crippen LogP contribution in [0.2, 0.25) is 0 Å². The highest BCUT2D eigenvalue weighted by Gasteiger charge is 2.20. The van der Waals surface area contributed by atoms with Crippen molar-refractivity contribution in [2.45, 2.75) is 45.7 Å². The average Bonchev–Trinajstić information content (AvgIpc) is 2.69. The van der Waals surface area contributed by atoms with Gasteiger partial charge < -0.3 is 20.1 Å². The summed E-state index contributed by atoms with van der Waals surface area (Å²) < 4.78 is 11.0. The fraction of sp³-hybridized carbons (Fsp3) is 0.667. The largest absolute Gasteiger partial charge is 0.491 e. The standard InChI is InChI=1S/C21H36N4O2/c1-5-25-11-7-6-8-19(25)16-24-21(22-3)23-15-18-10-9-17(2)14-20(18)27-13-12-26-4/h9-10,14,19H,5-8,11-13,15-16H2,1-4H3,(H2,22,23,24). The molecule has 1 aliphatic heterocycles. The van der Waals surface area contributed by atoms with Crippen LogP contribution in [0.4, 0.5) is 0 Å². The lowest BCUT2D eigenvalue weighted by Crippen LogP contribution is -2.48. The van der Waals surface area contributed by atoms with Crippen molar-refractivity contribution in [1.29, 1.82) is 0 Å². The van der Waals surface area contributed by atoms with E-state index in [1.807, 2.05) is 7.05 Å². The van der Waals surface area contributed by atoms with E-state index in [1.165, 1.54) is 31.4 Å². The van der Waals surface area contributed by atoms with Crippen LogP contribution in [0.5, 0.6) is 5.75 Å². The first kappa shape index (κ1) is 21.5. The van der Waals surface area contributed by atoms with Crippen LogP contribution in [-0.2, 0) is 11.3 Å². The van der Waals surface area contributed by atoms with Gasteiger partial charge in [-0.15, -0.1) is 0 Å². The molecule has 1 saturated heterocycles. The van der Waals surface area contributed by atoms with E-state index in [0.29, 0.717) is 25.8 Å². The van der Waals surface area contributed by atoms with Gasteiger partial charge in [-0.1, -0.05) is 25.5 Å². The molecule has 0 radical (unpaired) electrons. The molecule has 2 N–H and O–H groups in total. The molecule has 0 saturated carbocycles. The molecule has 1 atom stereocenters. The number of rotatable bonds is 9. The first-order valence-electron chi connectivity index (χ1n) is 10.1. The Hall–Kier alpha value is -1.79. The average molecular weight is 377 g/mol. The highest BCUT2D eigenvalue weighted by molar-refractivity contribution is 5.79. The third-order valence-electron chi connectivity index (χ3n) is 5.10. The Labute approximate surface area is 164 Å². The summed E-state index contributed by atoms with van der Waals surface area (Å²) in [6.45, 7) is 9.37. The van der Waals surface area contributed by atoms with Crippen LogP contribution in [-0.4, -0.2) is 63.9 Å². The molecule has 0 spiro atoms. The maximum Gasteiger partial charge on any atom is 0.191 e. The predicted octanol–water partition coefficient (Wildman–Crippen LogP) is 2.56. The lowest BCUT2D eigenvalue weighted by molar-refractivity contribution is 0.145. The molecule has 1 aromatic rings. The molecule has 1 aromatic carbocycles. The molecule has 1 aliphatic rings. The second-order valence-corrected chi connectivity index (χ2v) is 7.04. The van der Waals surface area contributed by atoms with Crippen LogP contribution >= 0.6 is 0 Å². The minimum atomic E-state index is 0.550. The smallest absolute Gasteiger partial charge is 0.191 e. The van der Waals surface area contributed by atoms with Crippen molar-refractivity contribution < 1.29 is 9.47 Å². The summed E-state index contributed by atoms with van der Waals surface area (Å²) in [6.07, 6.45) is 3.89. The SMILES string of the molecule is CCN1CCCCC1CNC(=NC)NCc1ccc(C)cc1OCCOC. The Morgan fingerprint density at radius 1 is 1.26 bits per heavy atom. The second kappa shape index (κ2) is 11.8. The molecule has 6 heteroatoms.